The minimum absolute atomic E-state index is 0.0620. The summed E-state index contributed by atoms with van der Waals surface area (Å²) in [5, 5.41) is 9.09. The lowest BCUT2D eigenvalue weighted by Crippen LogP contribution is -2.51. The summed E-state index contributed by atoms with van der Waals surface area (Å²) in [5.74, 6) is 1.88. The molecule has 4 heterocycles. The Labute approximate surface area is 193 Å². The number of likely N-dealkylation sites (tertiary alicyclic amines) is 1. The van der Waals surface area contributed by atoms with Gasteiger partial charge >= 0.3 is 0 Å². The van der Waals surface area contributed by atoms with Gasteiger partial charge in [-0.1, -0.05) is 11.8 Å². The highest BCUT2D eigenvalue weighted by Gasteiger charge is 2.30. The molecule has 0 N–H and O–H groups in total. The van der Waals surface area contributed by atoms with E-state index in [4.69, 9.17) is 0 Å². The van der Waals surface area contributed by atoms with Crippen molar-refractivity contribution in [3.8, 4) is 0 Å². The maximum Gasteiger partial charge on any atom is 0.236 e. The van der Waals surface area contributed by atoms with Gasteiger partial charge in [0.05, 0.1) is 23.8 Å². The Bertz CT molecular complexity index is 936. The molecule has 1 aromatic rings. The van der Waals surface area contributed by atoms with Crippen molar-refractivity contribution >= 4 is 33.4 Å². The quantitative estimate of drug-likeness (QED) is 0.483. The molecule has 10 nitrogen and oxygen atoms in total. The summed E-state index contributed by atoms with van der Waals surface area (Å²) in [7, 11) is -1.05. The van der Waals surface area contributed by atoms with Crippen LogP contribution < -0.4 is 0 Å². The third kappa shape index (κ3) is 5.82. The number of hydrogen-bond acceptors (Lipinski definition) is 8. The van der Waals surface area contributed by atoms with Crippen molar-refractivity contribution in [2.75, 3.05) is 63.1 Å². The number of nitrogens with zero attached hydrogens (tertiary/aromatic N) is 6. The van der Waals surface area contributed by atoms with Crippen molar-refractivity contribution in [1.29, 1.82) is 0 Å². The highest BCUT2D eigenvalue weighted by Crippen LogP contribution is 2.24. The highest BCUT2D eigenvalue weighted by atomic mass is 32.2. The van der Waals surface area contributed by atoms with Crippen molar-refractivity contribution in [3.05, 3.63) is 5.82 Å². The van der Waals surface area contributed by atoms with Gasteiger partial charge in [0.25, 0.3) is 0 Å². The third-order valence-corrected chi connectivity index (χ3v) is 9.43. The Morgan fingerprint density at radius 2 is 1.69 bits per heavy atom. The number of aromatic nitrogens is 3. The molecule has 12 heteroatoms. The summed E-state index contributed by atoms with van der Waals surface area (Å²) in [5.41, 5.74) is 0. The molecule has 1 unspecified atom stereocenters. The summed E-state index contributed by atoms with van der Waals surface area (Å²) < 4.78 is 25.2. The lowest BCUT2D eigenvalue weighted by molar-refractivity contribution is -0.133. The van der Waals surface area contributed by atoms with E-state index in [1.165, 1.54) is 11.8 Å². The second-order valence-electron chi connectivity index (χ2n) is 8.96. The van der Waals surface area contributed by atoms with Crippen LogP contribution in [-0.4, -0.2) is 113 Å². The van der Waals surface area contributed by atoms with E-state index in [0.717, 1.165) is 31.8 Å². The summed E-state index contributed by atoms with van der Waals surface area (Å²) in [6.07, 6.45) is 3.46. The number of carbonyl (C=O) groups is 2. The number of amides is 2. The van der Waals surface area contributed by atoms with Crippen molar-refractivity contribution in [1.82, 2.24) is 29.5 Å². The van der Waals surface area contributed by atoms with Crippen molar-refractivity contribution < 1.29 is 18.0 Å². The first-order valence-electron chi connectivity index (χ1n) is 11.3. The third-order valence-electron chi connectivity index (χ3n) is 6.59. The predicted octanol–water partition coefficient (Wildman–Crippen LogP) is -0.349. The first-order valence-corrected chi connectivity index (χ1v) is 14.1. The molecule has 2 amide bonds. The lowest BCUT2D eigenvalue weighted by Gasteiger charge is -2.35. The zero-order chi connectivity index (χ0) is 22.7. The average molecular weight is 485 g/mol. The molecule has 0 aliphatic carbocycles. The second-order valence-corrected chi connectivity index (χ2v) is 12.1. The Morgan fingerprint density at radius 3 is 2.34 bits per heavy atom. The van der Waals surface area contributed by atoms with E-state index < -0.39 is 9.84 Å². The molecule has 1 atom stereocenters. The van der Waals surface area contributed by atoms with Gasteiger partial charge in [-0.05, 0) is 25.2 Å². The summed E-state index contributed by atoms with van der Waals surface area (Å²) in [4.78, 5) is 30.9. The van der Waals surface area contributed by atoms with E-state index >= 15 is 0 Å². The van der Waals surface area contributed by atoms with Gasteiger partial charge in [0.2, 0.25) is 11.8 Å². The van der Waals surface area contributed by atoms with Gasteiger partial charge in [-0.15, -0.1) is 10.2 Å². The van der Waals surface area contributed by atoms with Crippen LogP contribution in [0.2, 0.25) is 0 Å². The van der Waals surface area contributed by atoms with Crippen LogP contribution in [0.25, 0.3) is 0 Å². The maximum absolute atomic E-state index is 12.7. The van der Waals surface area contributed by atoms with Crippen LogP contribution >= 0.6 is 11.8 Å². The van der Waals surface area contributed by atoms with Crippen LogP contribution in [0.15, 0.2) is 5.16 Å². The second kappa shape index (κ2) is 10.1. The molecular weight excluding hydrogens is 452 g/mol. The first kappa shape index (κ1) is 23.5. The molecule has 1 aromatic heterocycles. The molecule has 3 fully saturated rings. The van der Waals surface area contributed by atoms with Gasteiger partial charge in [-0.3, -0.25) is 14.5 Å². The largest absolute Gasteiger partial charge is 0.342 e. The van der Waals surface area contributed by atoms with Crippen LogP contribution in [-0.2, 0) is 32.9 Å². The number of carbonyl (C=O) groups excluding carboxylic acids is 2. The van der Waals surface area contributed by atoms with Crippen molar-refractivity contribution in [2.24, 2.45) is 13.0 Å². The normalized spacial score (nSPS) is 23.7. The summed E-state index contributed by atoms with van der Waals surface area (Å²) in [6.45, 7) is 4.89. The number of hydrogen-bond donors (Lipinski definition) is 0. The van der Waals surface area contributed by atoms with E-state index in [2.05, 4.69) is 15.1 Å². The van der Waals surface area contributed by atoms with Gasteiger partial charge in [0.1, 0.15) is 5.82 Å². The topological polar surface area (TPSA) is 109 Å². The number of piperazine rings is 1. The smallest absolute Gasteiger partial charge is 0.236 e. The standard InChI is InChI=1S/C20H32N6O4S2/c1-23-17(12-16-4-11-32(29,30)15-16)21-22-20(23)31-14-19(28)26-9-7-24(8-10-26)13-18(27)25-5-2-3-6-25/h16H,2-15H2,1H3. The molecule has 178 valence electrons. The van der Waals surface area contributed by atoms with Gasteiger partial charge < -0.3 is 14.4 Å². The number of sulfone groups is 1. The molecule has 32 heavy (non-hydrogen) atoms. The minimum Gasteiger partial charge on any atom is -0.342 e. The Hall–Kier alpha value is -1.66. The highest BCUT2D eigenvalue weighted by molar-refractivity contribution is 7.99. The molecule has 0 bridgehead atoms. The summed E-state index contributed by atoms with van der Waals surface area (Å²) in [6, 6.07) is 0. The number of thioether (sulfide) groups is 1. The molecule has 0 radical (unpaired) electrons. The van der Waals surface area contributed by atoms with Crippen LogP contribution in [0, 0.1) is 5.92 Å². The van der Waals surface area contributed by atoms with Gasteiger partial charge in [-0.2, -0.15) is 0 Å². The van der Waals surface area contributed by atoms with Crippen LogP contribution in [0.3, 0.4) is 0 Å². The van der Waals surface area contributed by atoms with Gasteiger partial charge in [-0.25, -0.2) is 8.42 Å². The zero-order valence-corrected chi connectivity index (χ0v) is 20.2. The van der Waals surface area contributed by atoms with E-state index in [0.29, 0.717) is 50.7 Å². The molecule has 0 aromatic carbocycles. The zero-order valence-electron chi connectivity index (χ0n) is 18.6. The monoisotopic (exact) mass is 484 g/mol. The minimum atomic E-state index is -2.91. The van der Waals surface area contributed by atoms with Crippen LogP contribution in [0.1, 0.15) is 25.1 Å². The molecular formula is C20H32N6O4S2. The molecule has 0 spiro atoms. The van der Waals surface area contributed by atoms with Gasteiger partial charge in [0, 0.05) is 52.7 Å². The van der Waals surface area contributed by atoms with Gasteiger partial charge in [0.15, 0.2) is 15.0 Å². The fourth-order valence-corrected chi connectivity index (χ4v) is 7.27. The average Bonchev–Trinajstić information content (AvgIpc) is 3.49. The SMILES string of the molecule is Cn1c(CC2CCS(=O)(=O)C2)nnc1SCC(=O)N1CCN(CC(=O)N2CCCC2)CC1. The maximum atomic E-state index is 12.7. The van der Waals surface area contributed by atoms with Crippen molar-refractivity contribution in [3.63, 3.8) is 0 Å². The fraction of sp³-hybridized carbons (Fsp3) is 0.800. The summed E-state index contributed by atoms with van der Waals surface area (Å²) >= 11 is 1.36. The molecule has 3 aliphatic rings. The first-order chi connectivity index (χ1) is 15.3. The Kier molecular flexibility index (Phi) is 7.40. The van der Waals surface area contributed by atoms with Crippen LogP contribution in [0.4, 0.5) is 0 Å². The Balaban J connectivity index is 1.20. The van der Waals surface area contributed by atoms with E-state index in [-0.39, 0.29) is 35.0 Å². The van der Waals surface area contributed by atoms with E-state index in [9.17, 15) is 18.0 Å². The van der Waals surface area contributed by atoms with E-state index in [1.807, 2.05) is 21.4 Å². The number of rotatable bonds is 7. The molecule has 0 saturated carbocycles. The fourth-order valence-electron chi connectivity index (χ4n) is 4.57. The molecule has 3 aliphatic heterocycles. The Morgan fingerprint density at radius 1 is 1.00 bits per heavy atom. The molecule has 4 rings (SSSR count). The van der Waals surface area contributed by atoms with E-state index in [1.54, 1.807) is 0 Å². The van der Waals surface area contributed by atoms with Crippen LogP contribution in [0.5, 0.6) is 0 Å². The lowest BCUT2D eigenvalue weighted by atomic mass is 10.1. The van der Waals surface area contributed by atoms with Crippen molar-refractivity contribution in [2.45, 2.75) is 30.8 Å². The predicted molar refractivity (Wildman–Crippen MR) is 121 cm³/mol. The molecule has 3 saturated heterocycles.